The Labute approximate surface area is 204 Å². The van der Waals surface area contributed by atoms with Crippen LogP contribution < -0.4 is 10.0 Å². The minimum Gasteiger partial charge on any atom is -0.508 e. The molecule has 8 heteroatoms. The van der Waals surface area contributed by atoms with E-state index in [0.717, 1.165) is 71.0 Å². The van der Waals surface area contributed by atoms with E-state index in [1.54, 1.807) is 12.1 Å². The average molecular weight is 493 g/mol. The van der Waals surface area contributed by atoms with Crippen molar-refractivity contribution < 1.29 is 23.4 Å². The normalized spacial score (nSPS) is 12.6. The summed E-state index contributed by atoms with van der Waals surface area (Å²) < 4.78 is 30.6. The summed E-state index contributed by atoms with van der Waals surface area (Å²) in [7, 11) is -3.36. The van der Waals surface area contributed by atoms with E-state index >= 15 is 0 Å². The lowest BCUT2D eigenvalue weighted by Crippen LogP contribution is -2.23. The third-order valence-electron chi connectivity index (χ3n) is 5.59. The maximum Gasteiger partial charge on any atom is 0.209 e. The fraction of sp³-hybridized carbons (Fsp3) is 0.538. The molecule has 1 unspecified atom stereocenters. The number of ether oxygens (including phenoxy) is 1. The highest BCUT2D eigenvalue weighted by Gasteiger charge is 2.11. The van der Waals surface area contributed by atoms with Crippen LogP contribution in [0.4, 0.5) is 0 Å². The summed E-state index contributed by atoms with van der Waals surface area (Å²) in [6.45, 7) is 2.84. The number of phenols is 1. The zero-order chi connectivity index (χ0) is 24.7. The number of rotatable bonds is 18. The molecule has 0 amide bonds. The van der Waals surface area contributed by atoms with Crippen molar-refractivity contribution in [2.45, 2.75) is 57.6 Å². The lowest BCUT2D eigenvalue weighted by Gasteiger charge is -2.14. The number of phenolic OH excluding ortho intramolecular Hbond substituents is 1. The van der Waals surface area contributed by atoms with Gasteiger partial charge in [0.25, 0.3) is 0 Å². The predicted octanol–water partition coefficient (Wildman–Crippen LogP) is 3.66. The van der Waals surface area contributed by atoms with Crippen LogP contribution in [0.25, 0.3) is 0 Å². The number of aromatic hydroxyl groups is 1. The third kappa shape index (κ3) is 12.5. The second kappa shape index (κ2) is 15.8. The van der Waals surface area contributed by atoms with Crippen LogP contribution in [-0.4, -0.2) is 51.2 Å². The van der Waals surface area contributed by atoms with Gasteiger partial charge < -0.3 is 20.3 Å². The van der Waals surface area contributed by atoms with Crippen LogP contribution in [0, 0.1) is 0 Å². The maximum atomic E-state index is 11.3. The molecular formula is C26H40N2O5S. The van der Waals surface area contributed by atoms with Crippen molar-refractivity contribution in [2.75, 3.05) is 32.6 Å². The van der Waals surface area contributed by atoms with E-state index in [9.17, 15) is 18.6 Å². The van der Waals surface area contributed by atoms with Gasteiger partial charge >= 0.3 is 0 Å². The van der Waals surface area contributed by atoms with Crippen molar-refractivity contribution in [3.05, 3.63) is 65.2 Å². The van der Waals surface area contributed by atoms with Crippen molar-refractivity contribution in [3.8, 4) is 5.75 Å². The van der Waals surface area contributed by atoms with Crippen LogP contribution in [0.3, 0.4) is 0 Å². The van der Waals surface area contributed by atoms with Gasteiger partial charge in [0.15, 0.2) is 0 Å². The molecule has 0 radical (unpaired) electrons. The minimum atomic E-state index is -3.36. The first-order valence-corrected chi connectivity index (χ1v) is 14.0. The smallest absolute Gasteiger partial charge is 0.209 e. The van der Waals surface area contributed by atoms with Gasteiger partial charge in [-0.15, -0.1) is 0 Å². The first kappa shape index (κ1) is 28.3. The number of hydrogen-bond acceptors (Lipinski definition) is 6. The molecular weight excluding hydrogens is 452 g/mol. The highest BCUT2D eigenvalue weighted by molar-refractivity contribution is 7.88. The number of aliphatic hydroxyl groups excluding tert-OH is 1. The van der Waals surface area contributed by atoms with Gasteiger partial charge in [-0.05, 0) is 61.9 Å². The van der Waals surface area contributed by atoms with E-state index in [1.165, 1.54) is 11.6 Å². The van der Waals surface area contributed by atoms with Gasteiger partial charge in [0.2, 0.25) is 10.0 Å². The molecule has 2 aromatic carbocycles. The van der Waals surface area contributed by atoms with E-state index < -0.39 is 16.1 Å². The Balaban J connectivity index is 1.46. The molecule has 0 aliphatic carbocycles. The van der Waals surface area contributed by atoms with Gasteiger partial charge in [-0.1, -0.05) is 49.2 Å². The molecule has 0 bridgehead atoms. The highest BCUT2D eigenvalue weighted by Crippen LogP contribution is 2.22. The molecule has 0 spiro atoms. The maximum absolute atomic E-state index is 11.3. The number of hydrogen-bond donors (Lipinski definition) is 4. The predicted molar refractivity (Wildman–Crippen MR) is 136 cm³/mol. The molecule has 0 aliphatic rings. The first-order valence-electron chi connectivity index (χ1n) is 12.1. The third-order valence-corrected chi connectivity index (χ3v) is 6.26. The van der Waals surface area contributed by atoms with Gasteiger partial charge in [-0.2, -0.15) is 0 Å². The van der Waals surface area contributed by atoms with Crippen LogP contribution >= 0.6 is 0 Å². The number of benzene rings is 2. The second-order valence-electron chi connectivity index (χ2n) is 8.67. The zero-order valence-electron chi connectivity index (χ0n) is 20.2. The largest absolute Gasteiger partial charge is 0.508 e. The number of unbranched alkanes of at least 4 members (excludes halogenated alkanes) is 4. The Hall–Kier alpha value is -1.97. The summed E-state index contributed by atoms with van der Waals surface area (Å²) in [4.78, 5) is 0. The van der Waals surface area contributed by atoms with E-state index in [0.29, 0.717) is 17.7 Å². The van der Waals surface area contributed by atoms with E-state index in [-0.39, 0.29) is 12.3 Å². The average Bonchev–Trinajstić information content (AvgIpc) is 2.81. The first-order chi connectivity index (χ1) is 16.3. The Kier molecular flexibility index (Phi) is 13.2. The fourth-order valence-electron chi connectivity index (χ4n) is 3.61. The molecule has 0 aromatic heterocycles. The molecule has 0 aliphatic heterocycles. The number of aryl methyl sites for hydroxylation is 1. The number of sulfonamides is 1. The summed E-state index contributed by atoms with van der Waals surface area (Å²) in [5.41, 5.74) is 2.45. The molecule has 190 valence electrons. The van der Waals surface area contributed by atoms with Crippen molar-refractivity contribution in [2.24, 2.45) is 0 Å². The molecule has 2 aromatic rings. The van der Waals surface area contributed by atoms with Gasteiger partial charge in [-0.3, -0.25) is 0 Å². The topological polar surface area (TPSA) is 108 Å². The Morgan fingerprint density at radius 2 is 1.65 bits per heavy atom. The van der Waals surface area contributed by atoms with E-state index in [2.05, 4.69) is 34.3 Å². The zero-order valence-corrected chi connectivity index (χ0v) is 21.0. The molecule has 0 saturated heterocycles. The van der Waals surface area contributed by atoms with Crippen molar-refractivity contribution in [1.82, 2.24) is 10.0 Å². The molecule has 34 heavy (non-hydrogen) atoms. The monoisotopic (exact) mass is 492 g/mol. The quantitative estimate of drug-likeness (QED) is 0.237. The molecule has 0 saturated carbocycles. The van der Waals surface area contributed by atoms with Crippen LogP contribution in [0.15, 0.2) is 48.5 Å². The highest BCUT2D eigenvalue weighted by atomic mass is 32.2. The Morgan fingerprint density at radius 3 is 2.38 bits per heavy atom. The SMILES string of the molecule is CS(=O)(=O)NCc1cc(C(O)CNCCCCCCOCCCCc2ccccc2)ccc1O. The second-order valence-corrected chi connectivity index (χ2v) is 10.5. The van der Waals surface area contributed by atoms with Gasteiger partial charge in [-0.25, -0.2) is 13.1 Å². The lowest BCUT2D eigenvalue weighted by molar-refractivity contribution is 0.126. The fourth-order valence-corrected chi connectivity index (χ4v) is 4.03. The van der Waals surface area contributed by atoms with E-state index in [4.69, 9.17) is 4.74 Å². The standard InChI is InChI=1S/C26H40N2O5S/c1-34(31,32)28-20-24-19-23(14-15-25(24)29)26(30)21-27-16-8-2-3-9-17-33-18-10-7-13-22-11-5-4-6-12-22/h4-6,11-12,14-15,19,26-30H,2-3,7-10,13,16-18,20-21H2,1H3. The van der Waals surface area contributed by atoms with Gasteiger partial charge in [0, 0.05) is 31.9 Å². The van der Waals surface area contributed by atoms with Crippen molar-refractivity contribution >= 4 is 10.0 Å². The summed E-state index contributed by atoms with van der Waals surface area (Å²) in [5.74, 6) is -0.00350. The van der Waals surface area contributed by atoms with Crippen LogP contribution in [0.1, 0.15) is 61.3 Å². The van der Waals surface area contributed by atoms with Gasteiger partial charge in [0.05, 0.1) is 12.4 Å². The number of nitrogens with one attached hydrogen (secondary N) is 2. The van der Waals surface area contributed by atoms with Gasteiger partial charge in [0.1, 0.15) is 5.75 Å². The molecule has 1 atom stereocenters. The van der Waals surface area contributed by atoms with Crippen LogP contribution in [-0.2, 0) is 27.7 Å². The molecule has 7 nitrogen and oxygen atoms in total. The molecule has 0 fully saturated rings. The van der Waals surface area contributed by atoms with Crippen LogP contribution in [0.5, 0.6) is 5.75 Å². The summed E-state index contributed by atoms with van der Waals surface area (Å²) >= 11 is 0. The molecule has 4 N–H and O–H groups in total. The molecule has 2 rings (SSSR count). The number of aliphatic hydroxyl groups is 1. The lowest BCUT2D eigenvalue weighted by atomic mass is 10.0. The minimum absolute atomic E-state index is 0.00350. The van der Waals surface area contributed by atoms with E-state index in [1.807, 2.05) is 6.07 Å². The van der Waals surface area contributed by atoms with Crippen LogP contribution in [0.2, 0.25) is 0 Å². The van der Waals surface area contributed by atoms with Crippen molar-refractivity contribution in [3.63, 3.8) is 0 Å². The molecule has 0 heterocycles. The van der Waals surface area contributed by atoms with Crippen molar-refractivity contribution in [1.29, 1.82) is 0 Å². The summed E-state index contributed by atoms with van der Waals surface area (Å²) in [6.07, 6.45) is 8.04. The Bertz CT molecular complexity index is 922. The summed E-state index contributed by atoms with van der Waals surface area (Å²) in [6, 6.07) is 15.3. The Morgan fingerprint density at radius 1 is 0.941 bits per heavy atom. The summed E-state index contributed by atoms with van der Waals surface area (Å²) in [5, 5.41) is 23.6.